The first-order valence-corrected chi connectivity index (χ1v) is 20.7. The minimum Gasteiger partial charge on any atom is -0.394 e. The van der Waals surface area contributed by atoms with Crippen LogP contribution in [0.1, 0.15) is 194 Å². The number of carbonyl (C=O) groups is 1. The smallest absolute Gasteiger partial charge is 0.220 e. The van der Waals surface area contributed by atoms with E-state index in [9.17, 15) is 30.3 Å². The van der Waals surface area contributed by atoms with Crippen LogP contribution in [0, 0.1) is 0 Å². The van der Waals surface area contributed by atoms with Crippen LogP contribution in [0.2, 0.25) is 0 Å². The van der Waals surface area contributed by atoms with Crippen LogP contribution in [-0.2, 0) is 14.3 Å². The molecule has 9 heteroatoms. The molecule has 3 unspecified atom stereocenters. The molecule has 0 radical (unpaired) electrons. The van der Waals surface area contributed by atoms with Crippen molar-refractivity contribution in [1.82, 2.24) is 5.32 Å². The normalized spacial score (nSPS) is 22.3. The number of amides is 1. The number of carbonyl (C=O) groups excluding carboxylic acids is 1. The second-order valence-corrected chi connectivity index (χ2v) is 14.8. The Labute approximate surface area is 300 Å². The van der Waals surface area contributed by atoms with Crippen molar-refractivity contribution in [1.29, 1.82) is 0 Å². The molecule has 0 aliphatic carbocycles. The van der Waals surface area contributed by atoms with Crippen LogP contribution in [0.3, 0.4) is 0 Å². The summed E-state index contributed by atoms with van der Waals surface area (Å²) in [5.74, 6) is -0.144. The maximum Gasteiger partial charge on any atom is 0.220 e. The molecule has 1 aliphatic heterocycles. The second-order valence-electron chi connectivity index (χ2n) is 14.8. The quantitative estimate of drug-likeness (QED) is 0.0376. The van der Waals surface area contributed by atoms with Crippen LogP contribution in [0.15, 0.2) is 0 Å². The molecule has 0 aromatic heterocycles. The lowest BCUT2D eigenvalue weighted by Gasteiger charge is -2.40. The summed E-state index contributed by atoms with van der Waals surface area (Å²) in [6.07, 6.45) is 25.3. The van der Waals surface area contributed by atoms with Gasteiger partial charge in [-0.15, -0.1) is 0 Å². The van der Waals surface area contributed by atoms with E-state index in [1.54, 1.807) is 0 Å². The largest absolute Gasteiger partial charge is 0.394 e. The van der Waals surface area contributed by atoms with E-state index < -0.39 is 49.5 Å². The van der Waals surface area contributed by atoms with Crippen LogP contribution in [0.4, 0.5) is 0 Å². The molecule has 0 spiro atoms. The Morgan fingerprint density at radius 2 is 1.02 bits per heavy atom. The zero-order valence-corrected chi connectivity index (χ0v) is 31.7. The van der Waals surface area contributed by atoms with Crippen LogP contribution >= 0.6 is 0 Å². The highest BCUT2D eigenvalue weighted by atomic mass is 16.7. The van der Waals surface area contributed by atoms with Gasteiger partial charge in [0.05, 0.1) is 25.4 Å². The third-order valence-corrected chi connectivity index (χ3v) is 10.2. The van der Waals surface area contributed by atoms with Crippen LogP contribution in [0.25, 0.3) is 0 Å². The molecule has 1 aliphatic rings. The number of nitrogens with one attached hydrogen (secondary N) is 1. The summed E-state index contributed by atoms with van der Waals surface area (Å²) in [7, 11) is 0. The highest BCUT2D eigenvalue weighted by molar-refractivity contribution is 5.76. The van der Waals surface area contributed by atoms with E-state index in [1.807, 2.05) is 0 Å². The number of aliphatic hydroxyl groups excluding tert-OH is 5. The van der Waals surface area contributed by atoms with Gasteiger partial charge >= 0.3 is 0 Å². The Kier molecular flexibility index (Phi) is 30.1. The van der Waals surface area contributed by atoms with Crippen molar-refractivity contribution in [3.8, 4) is 0 Å². The number of aliphatic hydroxyl groups is 5. The lowest BCUT2D eigenvalue weighted by molar-refractivity contribution is -0.302. The van der Waals surface area contributed by atoms with E-state index in [1.165, 1.54) is 128 Å². The summed E-state index contributed by atoms with van der Waals surface area (Å²) in [6.45, 7) is 3.82. The van der Waals surface area contributed by atoms with Crippen molar-refractivity contribution >= 4 is 5.91 Å². The third-order valence-electron chi connectivity index (χ3n) is 10.2. The average Bonchev–Trinajstić information content (AvgIpc) is 3.10. The Morgan fingerprint density at radius 1 is 0.612 bits per heavy atom. The topological polar surface area (TPSA) is 149 Å². The van der Waals surface area contributed by atoms with E-state index in [-0.39, 0.29) is 12.5 Å². The van der Waals surface area contributed by atoms with E-state index in [4.69, 9.17) is 9.47 Å². The fourth-order valence-corrected chi connectivity index (χ4v) is 6.81. The van der Waals surface area contributed by atoms with Crippen LogP contribution in [-0.4, -0.2) is 87.5 Å². The monoisotopic (exact) mass is 702 g/mol. The first kappa shape index (κ1) is 46.2. The number of hydrogen-bond donors (Lipinski definition) is 6. The van der Waals surface area contributed by atoms with E-state index >= 15 is 0 Å². The summed E-state index contributed by atoms with van der Waals surface area (Å²) < 4.78 is 11.2. The second kappa shape index (κ2) is 31.9. The number of hydrogen-bond acceptors (Lipinski definition) is 8. The molecule has 1 rings (SSSR count). The average molecular weight is 702 g/mol. The molecule has 0 aromatic carbocycles. The summed E-state index contributed by atoms with van der Waals surface area (Å²) in [5.41, 5.74) is 0. The minimum absolute atomic E-state index is 0.132. The van der Waals surface area contributed by atoms with Gasteiger partial charge in [-0.05, 0) is 12.8 Å². The molecule has 6 N–H and O–H groups in total. The van der Waals surface area contributed by atoms with Crippen molar-refractivity contribution in [3.05, 3.63) is 0 Å². The molecule has 49 heavy (non-hydrogen) atoms. The van der Waals surface area contributed by atoms with E-state index in [2.05, 4.69) is 19.2 Å². The van der Waals surface area contributed by atoms with Gasteiger partial charge in [-0.3, -0.25) is 4.79 Å². The summed E-state index contributed by atoms with van der Waals surface area (Å²) in [5, 5.41) is 54.1. The highest BCUT2D eigenvalue weighted by Crippen LogP contribution is 2.23. The Morgan fingerprint density at radius 3 is 1.45 bits per heavy atom. The van der Waals surface area contributed by atoms with E-state index in [0.717, 1.165) is 38.5 Å². The molecular formula is C40H79NO8. The standard InChI is InChI=1S/C40H79NO8/c1-3-5-7-9-11-13-15-17-19-21-23-25-27-29-34(43)33(32-48-40-39(47)38(46)37(45)35(31-42)49-40)41-36(44)30-28-26-24-22-20-18-16-14-12-10-8-6-4-2/h33-35,37-40,42-43,45-47H,3-32H2,1-2H3,(H,41,44)/t33?,34?,35-,37+,38+,39-,40?/m1/s1. The Balaban J connectivity index is 2.38. The van der Waals surface area contributed by atoms with Gasteiger partial charge in [-0.2, -0.15) is 0 Å². The number of ether oxygens (including phenoxy) is 2. The molecule has 7 atom stereocenters. The SMILES string of the molecule is CCCCCCCCCCCCCCCC(=O)NC(COC1O[C@H](CO)[C@H](O)[C@H](O)[C@H]1O)C(O)CCCCCCCCCCCCCCC. The molecule has 0 aromatic rings. The predicted molar refractivity (Wildman–Crippen MR) is 198 cm³/mol. The maximum atomic E-state index is 12.9. The molecule has 292 valence electrons. The van der Waals surface area contributed by atoms with Gasteiger partial charge < -0.3 is 40.3 Å². The lowest BCUT2D eigenvalue weighted by atomic mass is 9.99. The van der Waals surface area contributed by atoms with Gasteiger partial charge in [0.25, 0.3) is 0 Å². The molecule has 9 nitrogen and oxygen atoms in total. The molecular weight excluding hydrogens is 622 g/mol. The van der Waals surface area contributed by atoms with Crippen molar-refractivity contribution in [2.75, 3.05) is 13.2 Å². The predicted octanol–water partition coefficient (Wildman–Crippen LogP) is 7.61. The van der Waals surface area contributed by atoms with Gasteiger partial charge in [0.1, 0.15) is 24.4 Å². The molecule has 0 saturated carbocycles. The van der Waals surface area contributed by atoms with Gasteiger partial charge in [0.15, 0.2) is 6.29 Å². The molecule has 0 bridgehead atoms. The molecule has 1 amide bonds. The van der Waals surface area contributed by atoms with Gasteiger partial charge in [0.2, 0.25) is 5.91 Å². The first-order chi connectivity index (χ1) is 23.8. The minimum atomic E-state index is -1.55. The summed E-state index contributed by atoms with van der Waals surface area (Å²) >= 11 is 0. The van der Waals surface area contributed by atoms with Crippen molar-refractivity contribution in [2.24, 2.45) is 0 Å². The van der Waals surface area contributed by atoms with Crippen LogP contribution in [0.5, 0.6) is 0 Å². The zero-order chi connectivity index (χ0) is 36.0. The van der Waals surface area contributed by atoms with Crippen molar-refractivity contribution in [2.45, 2.75) is 236 Å². The Hall–Kier alpha value is -0.810. The van der Waals surface area contributed by atoms with Gasteiger partial charge in [0, 0.05) is 6.42 Å². The van der Waals surface area contributed by atoms with Gasteiger partial charge in [-0.1, -0.05) is 174 Å². The molecule has 1 saturated heterocycles. The third kappa shape index (κ3) is 23.4. The highest BCUT2D eigenvalue weighted by Gasteiger charge is 2.44. The fraction of sp³-hybridized carbons (Fsp3) is 0.975. The van der Waals surface area contributed by atoms with Crippen LogP contribution < -0.4 is 5.32 Å². The summed E-state index contributed by atoms with van der Waals surface area (Å²) in [4.78, 5) is 12.9. The maximum absolute atomic E-state index is 12.9. The van der Waals surface area contributed by atoms with Crippen molar-refractivity contribution in [3.63, 3.8) is 0 Å². The van der Waals surface area contributed by atoms with E-state index in [0.29, 0.717) is 12.8 Å². The van der Waals surface area contributed by atoms with Gasteiger partial charge in [-0.25, -0.2) is 0 Å². The molecule has 1 fully saturated rings. The first-order valence-electron chi connectivity index (χ1n) is 20.7. The number of unbranched alkanes of at least 4 members (excludes halogenated alkanes) is 24. The lowest BCUT2D eigenvalue weighted by Crippen LogP contribution is -2.60. The Bertz CT molecular complexity index is 741. The fourth-order valence-electron chi connectivity index (χ4n) is 6.81. The molecule has 1 heterocycles. The van der Waals surface area contributed by atoms with Crippen molar-refractivity contribution < 1.29 is 39.8 Å². The zero-order valence-electron chi connectivity index (χ0n) is 31.7. The summed E-state index contributed by atoms with van der Waals surface area (Å²) in [6, 6.07) is -0.709. The number of rotatable bonds is 34.